The summed E-state index contributed by atoms with van der Waals surface area (Å²) in [6, 6.07) is 17.6. The minimum Gasteiger partial charge on any atom is -0.489 e. The third-order valence-corrected chi connectivity index (χ3v) is 5.29. The van der Waals surface area contributed by atoms with Gasteiger partial charge in [-0.3, -0.25) is 10.1 Å². The van der Waals surface area contributed by atoms with Gasteiger partial charge in [0.2, 0.25) is 5.95 Å². The Labute approximate surface area is 161 Å². The molecule has 0 radical (unpaired) electrons. The van der Waals surface area contributed by atoms with Gasteiger partial charge in [-0.1, -0.05) is 29.8 Å². The van der Waals surface area contributed by atoms with Crippen LogP contribution in [0.3, 0.4) is 0 Å². The predicted molar refractivity (Wildman–Crippen MR) is 108 cm³/mol. The van der Waals surface area contributed by atoms with Gasteiger partial charge in [-0.2, -0.15) is 0 Å². The van der Waals surface area contributed by atoms with E-state index < -0.39 is 0 Å². The summed E-state index contributed by atoms with van der Waals surface area (Å²) in [6.45, 7) is 2.47. The van der Waals surface area contributed by atoms with Crippen molar-refractivity contribution < 1.29 is 9.53 Å². The molecule has 0 fully saturated rings. The highest BCUT2D eigenvalue weighted by atomic mass is 32.1. The molecular weight excluding hydrogens is 358 g/mol. The van der Waals surface area contributed by atoms with Gasteiger partial charge in [-0.15, -0.1) is 11.3 Å². The average Bonchev–Trinajstić information content (AvgIpc) is 3.27. The number of carbonyl (C=O) groups is 1. The molecule has 0 aliphatic rings. The standard InChI is InChI=1S/C21H19N3O2S/c1-14-7-9-16(10-8-14)26-12-15-11-19(27-13-15)20(25)23-21-22-17-5-3-4-6-18(17)24(21)2/h3-11,13H,12H2,1-2H3,(H,22,23,25). The van der Waals surface area contributed by atoms with Crippen molar-refractivity contribution in [1.82, 2.24) is 9.55 Å². The molecule has 1 amide bonds. The molecule has 2 aromatic heterocycles. The molecule has 2 aromatic carbocycles. The fourth-order valence-corrected chi connectivity index (χ4v) is 3.58. The first kappa shape index (κ1) is 17.3. The fourth-order valence-electron chi connectivity index (χ4n) is 2.79. The number of benzene rings is 2. The van der Waals surface area contributed by atoms with Crippen LogP contribution in [0.15, 0.2) is 60.0 Å². The molecule has 0 saturated heterocycles. The van der Waals surface area contributed by atoms with Crippen LogP contribution in [0.25, 0.3) is 11.0 Å². The largest absolute Gasteiger partial charge is 0.489 e. The van der Waals surface area contributed by atoms with E-state index in [1.54, 1.807) is 0 Å². The minimum absolute atomic E-state index is 0.167. The van der Waals surface area contributed by atoms with E-state index in [1.807, 2.05) is 78.5 Å². The molecule has 0 bridgehead atoms. The highest BCUT2D eigenvalue weighted by Gasteiger charge is 2.14. The number of aryl methyl sites for hydroxylation is 2. The quantitative estimate of drug-likeness (QED) is 0.545. The summed E-state index contributed by atoms with van der Waals surface area (Å²) in [5, 5.41) is 4.83. The van der Waals surface area contributed by atoms with Crippen molar-refractivity contribution in [3.8, 4) is 5.75 Å². The molecule has 1 N–H and O–H groups in total. The monoisotopic (exact) mass is 377 g/mol. The van der Waals surface area contributed by atoms with Gasteiger partial charge in [0.05, 0.1) is 15.9 Å². The number of hydrogen-bond acceptors (Lipinski definition) is 4. The number of ether oxygens (including phenoxy) is 1. The second-order valence-corrected chi connectivity index (χ2v) is 7.27. The van der Waals surface area contributed by atoms with E-state index in [9.17, 15) is 4.79 Å². The smallest absolute Gasteiger partial charge is 0.268 e. The van der Waals surface area contributed by atoms with Crippen molar-refractivity contribution in [3.05, 3.63) is 76.0 Å². The van der Waals surface area contributed by atoms with Crippen molar-refractivity contribution in [1.29, 1.82) is 0 Å². The number of fused-ring (bicyclic) bond motifs is 1. The molecule has 2 heterocycles. The highest BCUT2D eigenvalue weighted by molar-refractivity contribution is 7.12. The number of nitrogens with one attached hydrogen (secondary N) is 1. The van der Waals surface area contributed by atoms with Gasteiger partial charge in [-0.25, -0.2) is 4.98 Å². The van der Waals surface area contributed by atoms with Crippen LogP contribution in [-0.4, -0.2) is 15.5 Å². The van der Waals surface area contributed by atoms with Crippen molar-refractivity contribution in [3.63, 3.8) is 0 Å². The molecule has 0 aliphatic carbocycles. The normalized spacial score (nSPS) is 10.9. The van der Waals surface area contributed by atoms with Crippen molar-refractivity contribution in [2.45, 2.75) is 13.5 Å². The number of thiophene rings is 1. The van der Waals surface area contributed by atoms with Crippen LogP contribution in [0.2, 0.25) is 0 Å². The predicted octanol–water partition coefficient (Wildman–Crippen LogP) is 4.77. The summed E-state index contributed by atoms with van der Waals surface area (Å²) in [5.41, 5.74) is 3.99. The van der Waals surface area contributed by atoms with Crippen molar-refractivity contribution in [2.24, 2.45) is 7.05 Å². The summed E-state index contributed by atoms with van der Waals surface area (Å²) < 4.78 is 7.65. The van der Waals surface area contributed by atoms with E-state index >= 15 is 0 Å². The maximum atomic E-state index is 12.6. The SMILES string of the molecule is Cc1ccc(OCc2csc(C(=O)Nc3nc4ccccc4n3C)c2)cc1. The molecule has 4 rings (SSSR count). The maximum absolute atomic E-state index is 12.6. The van der Waals surface area contributed by atoms with Crippen LogP contribution in [0.5, 0.6) is 5.75 Å². The summed E-state index contributed by atoms with van der Waals surface area (Å²) in [6.07, 6.45) is 0. The van der Waals surface area contributed by atoms with Gasteiger partial charge in [0, 0.05) is 12.6 Å². The molecule has 0 spiro atoms. The number of carbonyl (C=O) groups excluding carboxylic acids is 1. The summed E-state index contributed by atoms with van der Waals surface area (Å²) in [5.74, 6) is 1.18. The van der Waals surface area contributed by atoms with Gasteiger partial charge >= 0.3 is 0 Å². The first-order valence-electron chi connectivity index (χ1n) is 8.60. The Kier molecular flexibility index (Phi) is 4.64. The topological polar surface area (TPSA) is 56.1 Å². The van der Waals surface area contributed by atoms with Gasteiger partial charge < -0.3 is 9.30 Å². The molecule has 0 atom stereocenters. The van der Waals surface area contributed by atoms with Crippen LogP contribution in [0.1, 0.15) is 20.8 Å². The Morgan fingerprint density at radius 2 is 1.96 bits per heavy atom. The summed E-state index contributed by atoms with van der Waals surface area (Å²) >= 11 is 1.40. The first-order valence-corrected chi connectivity index (χ1v) is 9.48. The molecule has 6 heteroatoms. The molecule has 0 unspecified atom stereocenters. The molecule has 5 nitrogen and oxygen atoms in total. The van der Waals surface area contributed by atoms with E-state index in [0.29, 0.717) is 17.4 Å². The van der Waals surface area contributed by atoms with Crippen LogP contribution in [0.4, 0.5) is 5.95 Å². The molecular formula is C21H19N3O2S. The minimum atomic E-state index is -0.167. The van der Waals surface area contributed by atoms with Crippen LogP contribution in [0, 0.1) is 6.92 Å². The number of anilines is 1. The zero-order valence-corrected chi connectivity index (χ0v) is 15.9. The van der Waals surface area contributed by atoms with Crippen LogP contribution < -0.4 is 10.1 Å². The Bertz CT molecular complexity index is 1100. The van der Waals surface area contributed by atoms with E-state index in [0.717, 1.165) is 22.3 Å². The zero-order valence-electron chi connectivity index (χ0n) is 15.1. The Balaban J connectivity index is 1.43. The van der Waals surface area contributed by atoms with E-state index in [1.165, 1.54) is 16.9 Å². The number of para-hydroxylation sites is 2. The van der Waals surface area contributed by atoms with Gasteiger partial charge in [0.15, 0.2) is 0 Å². The van der Waals surface area contributed by atoms with Crippen LogP contribution >= 0.6 is 11.3 Å². The first-order chi connectivity index (χ1) is 13.1. The number of aromatic nitrogens is 2. The number of rotatable bonds is 5. The lowest BCUT2D eigenvalue weighted by Crippen LogP contribution is -2.13. The van der Waals surface area contributed by atoms with Crippen molar-refractivity contribution in [2.75, 3.05) is 5.32 Å². The Morgan fingerprint density at radius 1 is 1.19 bits per heavy atom. The summed E-state index contributed by atoms with van der Waals surface area (Å²) in [4.78, 5) is 17.7. The third kappa shape index (κ3) is 3.71. The summed E-state index contributed by atoms with van der Waals surface area (Å²) in [7, 11) is 1.89. The van der Waals surface area contributed by atoms with Gasteiger partial charge in [0.25, 0.3) is 5.91 Å². The molecule has 136 valence electrons. The lowest BCUT2D eigenvalue weighted by Gasteiger charge is -2.05. The Morgan fingerprint density at radius 3 is 2.74 bits per heavy atom. The average molecular weight is 377 g/mol. The number of amides is 1. The van der Waals surface area contributed by atoms with Gasteiger partial charge in [0.1, 0.15) is 12.4 Å². The molecule has 27 heavy (non-hydrogen) atoms. The molecule has 0 aliphatic heterocycles. The zero-order chi connectivity index (χ0) is 18.8. The lowest BCUT2D eigenvalue weighted by molar-refractivity contribution is 0.102. The molecule has 4 aromatic rings. The Hall–Kier alpha value is -3.12. The lowest BCUT2D eigenvalue weighted by atomic mass is 10.2. The van der Waals surface area contributed by atoms with Crippen molar-refractivity contribution >= 4 is 34.2 Å². The number of imidazole rings is 1. The third-order valence-electron chi connectivity index (χ3n) is 4.32. The van der Waals surface area contributed by atoms with E-state index in [-0.39, 0.29) is 5.91 Å². The second-order valence-electron chi connectivity index (χ2n) is 6.36. The highest BCUT2D eigenvalue weighted by Crippen LogP contribution is 2.21. The second kappa shape index (κ2) is 7.25. The van der Waals surface area contributed by atoms with E-state index in [4.69, 9.17) is 4.74 Å². The maximum Gasteiger partial charge on any atom is 0.268 e. The van der Waals surface area contributed by atoms with E-state index in [2.05, 4.69) is 10.3 Å². The molecule has 0 saturated carbocycles. The fraction of sp³-hybridized carbons (Fsp3) is 0.143. The van der Waals surface area contributed by atoms with Gasteiger partial charge in [-0.05, 0) is 42.6 Å². The van der Waals surface area contributed by atoms with Crippen LogP contribution in [-0.2, 0) is 13.7 Å². The number of nitrogens with zero attached hydrogens (tertiary/aromatic N) is 2. The number of hydrogen-bond donors (Lipinski definition) is 1.